The Morgan fingerprint density at radius 3 is 2.04 bits per heavy atom. The Kier molecular flexibility index (Phi) is 6.15. The van der Waals surface area contributed by atoms with Crippen molar-refractivity contribution in [3.05, 3.63) is 170 Å². The molecular weight excluding hydrogens is 601 g/mol. The summed E-state index contributed by atoms with van der Waals surface area (Å²) in [5.41, 5.74) is 11.3. The van der Waals surface area contributed by atoms with Crippen LogP contribution in [0.4, 0.5) is 17.1 Å². The Morgan fingerprint density at radius 2 is 1.12 bits per heavy atom. The summed E-state index contributed by atoms with van der Waals surface area (Å²) in [7, 11) is 0. The van der Waals surface area contributed by atoms with E-state index >= 15 is 0 Å². The number of para-hydroxylation sites is 2. The van der Waals surface area contributed by atoms with Gasteiger partial charge in [-0.05, 0) is 88.1 Å². The summed E-state index contributed by atoms with van der Waals surface area (Å²) in [4.78, 5) is 6.73. The predicted molar refractivity (Wildman–Crippen MR) is 202 cm³/mol. The van der Waals surface area contributed by atoms with Crippen LogP contribution in [0.25, 0.3) is 76.9 Å². The van der Waals surface area contributed by atoms with Gasteiger partial charge in [-0.25, -0.2) is 0 Å². The Labute approximate surface area is 282 Å². The number of anilines is 3. The molecule has 10 aromatic rings. The smallest absolute Gasteiger partial charge is 0.138 e. The number of hydrogen-bond acceptors (Lipinski definition) is 4. The van der Waals surface area contributed by atoms with Crippen LogP contribution < -0.4 is 4.90 Å². The summed E-state index contributed by atoms with van der Waals surface area (Å²) in [6, 6.07) is 55.6. The minimum Gasteiger partial charge on any atom is -0.456 e. The van der Waals surface area contributed by atoms with Crippen LogP contribution in [-0.4, -0.2) is 4.98 Å². The molecule has 0 aliphatic carbocycles. The van der Waals surface area contributed by atoms with Gasteiger partial charge in [0.25, 0.3) is 0 Å². The lowest BCUT2D eigenvalue weighted by Gasteiger charge is -2.28. The molecule has 0 radical (unpaired) electrons. The van der Waals surface area contributed by atoms with E-state index < -0.39 is 0 Å². The standard InChI is InChI=1S/C45H28N2O2/c1-2-8-30(9-3-1)35-10-4-6-12-40(35)47(34-21-23-42-38(27-34)36-11-5-7-13-41(36)48-42)33-19-16-29(17-20-33)32-15-14-31-18-22-44-45(37(31)26-32)39-28-46-25-24-43(39)49-44/h1-28H. The molecule has 3 heterocycles. The molecule has 0 bridgehead atoms. The first-order chi connectivity index (χ1) is 24.3. The zero-order valence-electron chi connectivity index (χ0n) is 26.4. The van der Waals surface area contributed by atoms with Crippen molar-refractivity contribution in [3.63, 3.8) is 0 Å². The van der Waals surface area contributed by atoms with Crippen LogP contribution in [0, 0.1) is 0 Å². The molecule has 0 spiro atoms. The van der Waals surface area contributed by atoms with Crippen molar-refractivity contribution in [2.75, 3.05) is 4.90 Å². The van der Waals surface area contributed by atoms with E-state index in [4.69, 9.17) is 8.83 Å². The van der Waals surface area contributed by atoms with Crippen LogP contribution in [-0.2, 0) is 0 Å². The molecule has 49 heavy (non-hydrogen) atoms. The SMILES string of the molecule is c1ccc(-c2ccccc2N(c2ccc(-c3ccc4ccc5oc6ccncc6c5c4c3)cc2)c2ccc3oc4ccccc4c3c2)cc1. The van der Waals surface area contributed by atoms with Gasteiger partial charge in [-0.3, -0.25) is 4.98 Å². The lowest BCUT2D eigenvalue weighted by Crippen LogP contribution is -2.11. The van der Waals surface area contributed by atoms with Crippen molar-refractivity contribution in [1.29, 1.82) is 0 Å². The minimum absolute atomic E-state index is 0.852. The molecule has 4 nitrogen and oxygen atoms in total. The van der Waals surface area contributed by atoms with Gasteiger partial charge in [-0.15, -0.1) is 0 Å². The second-order valence-electron chi connectivity index (χ2n) is 12.4. The van der Waals surface area contributed by atoms with E-state index in [1.807, 2.05) is 24.4 Å². The summed E-state index contributed by atoms with van der Waals surface area (Å²) in [5, 5.41) is 6.67. The van der Waals surface area contributed by atoms with Gasteiger partial charge >= 0.3 is 0 Å². The summed E-state index contributed by atoms with van der Waals surface area (Å²) in [6.45, 7) is 0. The van der Waals surface area contributed by atoms with Gasteiger partial charge in [-0.1, -0.05) is 97.1 Å². The first-order valence-corrected chi connectivity index (χ1v) is 16.4. The lowest BCUT2D eigenvalue weighted by molar-refractivity contribution is 0.668. The summed E-state index contributed by atoms with van der Waals surface area (Å²) >= 11 is 0. The van der Waals surface area contributed by atoms with Crippen LogP contribution in [0.2, 0.25) is 0 Å². The summed E-state index contributed by atoms with van der Waals surface area (Å²) < 4.78 is 12.4. The van der Waals surface area contributed by atoms with Crippen molar-refractivity contribution < 1.29 is 8.83 Å². The molecule has 0 unspecified atom stereocenters. The average Bonchev–Trinajstić information content (AvgIpc) is 3.74. The molecule has 0 N–H and O–H groups in total. The number of furan rings is 2. The minimum atomic E-state index is 0.852. The van der Waals surface area contributed by atoms with E-state index in [0.717, 1.165) is 83.0 Å². The third-order valence-electron chi connectivity index (χ3n) is 9.56. The second-order valence-corrected chi connectivity index (χ2v) is 12.4. The van der Waals surface area contributed by atoms with Gasteiger partial charge in [0.1, 0.15) is 22.3 Å². The molecule has 0 saturated heterocycles. The number of pyridine rings is 1. The maximum absolute atomic E-state index is 6.20. The van der Waals surface area contributed by atoms with Gasteiger partial charge in [0.05, 0.1) is 5.69 Å². The molecular formula is C45H28N2O2. The highest BCUT2D eigenvalue weighted by Gasteiger charge is 2.19. The molecule has 0 amide bonds. The molecule has 0 fully saturated rings. The number of benzene rings is 7. The Bertz CT molecular complexity index is 2830. The monoisotopic (exact) mass is 628 g/mol. The van der Waals surface area contributed by atoms with Crippen molar-refractivity contribution in [1.82, 2.24) is 4.98 Å². The first-order valence-electron chi connectivity index (χ1n) is 16.4. The molecule has 0 saturated carbocycles. The fourth-order valence-corrected chi connectivity index (χ4v) is 7.23. The highest BCUT2D eigenvalue weighted by atomic mass is 16.3. The molecule has 0 aliphatic rings. The number of nitrogens with zero attached hydrogens (tertiary/aromatic N) is 2. The fourth-order valence-electron chi connectivity index (χ4n) is 7.23. The number of aromatic nitrogens is 1. The zero-order chi connectivity index (χ0) is 32.3. The van der Waals surface area contributed by atoms with E-state index in [1.54, 1.807) is 6.20 Å². The number of hydrogen-bond donors (Lipinski definition) is 0. The third-order valence-corrected chi connectivity index (χ3v) is 9.56. The Balaban J connectivity index is 1.13. The van der Waals surface area contributed by atoms with Gasteiger partial charge in [0.15, 0.2) is 0 Å². The van der Waals surface area contributed by atoms with Crippen molar-refractivity contribution >= 4 is 71.7 Å². The van der Waals surface area contributed by atoms with Gasteiger partial charge < -0.3 is 13.7 Å². The molecule has 0 atom stereocenters. The van der Waals surface area contributed by atoms with Crippen LogP contribution in [0.15, 0.2) is 179 Å². The average molecular weight is 629 g/mol. The molecule has 3 aromatic heterocycles. The van der Waals surface area contributed by atoms with E-state index in [1.165, 1.54) is 10.9 Å². The predicted octanol–water partition coefficient (Wildman–Crippen LogP) is 12.8. The topological polar surface area (TPSA) is 42.4 Å². The zero-order valence-corrected chi connectivity index (χ0v) is 26.4. The summed E-state index contributed by atoms with van der Waals surface area (Å²) in [6.07, 6.45) is 3.67. The fraction of sp³-hybridized carbons (Fsp3) is 0. The van der Waals surface area contributed by atoms with E-state index in [9.17, 15) is 0 Å². The van der Waals surface area contributed by atoms with Crippen molar-refractivity contribution in [2.24, 2.45) is 0 Å². The second kappa shape index (κ2) is 11.0. The lowest BCUT2D eigenvalue weighted by atomic mass is 9.98. The molecule has 10 rings (SSSR count). The molecule has 7 aromatic carbocycles. The highest BCUT2D eigenvalue weighted by molar-refractivity contribution is 6.19. The van der Waals surface area contributed by atoms with E-state index in [2.05, 4.69) is 149 Å². The maximum atomic E-state index is 6.20. The van der Waals surface area contributed by atoms with Gasteiger partial charge in [0, 0.05) is 50.9 Å². The largest absolute Gasteiger partial charge is 0.456 e. The van der Waals surface area contributed by atoms with Crippen LogP contribution in [0.5, 0.6) is 0 Å². The molecule has 0 aliphatic heterocycles. The third kappa shape index (κ3) is 4.49. The molecule has 230 valence electrons. The van der Waals surface area contributed by atoms with Gasteiger partial charge in [0.2, 0.25) is 0 Å². The van der Waals surface area contributed by atoms with E-state index in [-0.39, 0.29) is 0 Å². The number of rotatable bonds is 5. The molecule has 4 heteroatoms. The van der Waals surface area contributed by atoms with Crippen LogP contribution in [0.3, 0.4) is 0 Å². The summed E-state index contributed by atoms with van der Waals surface area (Å²) in [5.74, 6) is 0. The van der Waals surface area contributed by atoms with Gasteiger partial charge in [-0.2, -0.15) is 0 Å². The van der Waals surface area contributed by atoms with E-state index in [0.29, 0.717) is 0 Å². The first kappa shape index (κ1) is 27.5. The van der Waals surface area contributed by atoms with Crippen molar-refractivity contribution in [2.45, 2.75) is 0 Å². The van der Waals surface area contributed by atoms with Crippen molar-refractivity contribution in [3.8, 4) is 22.3 Å². The normalized spacial score (nSPS) is 11.7. The Hall–Kier alpha value is -6.65. The number of fused-ring (bicyclic) bond motifs is 8. The Morgan fingerprint density at radius 1 is 0.429 bits per heavy atom. The maximum Gasteiger partial charge on any atom is 0.138 e. The van der Waals surface area contributed by atoms with Crippen LogP contribution in [0.1, 0.15) is 0 Å². The van der Waals surface area contributed by atoms with Crippen LogP contribution >= 0.6 is 0 Å². The highest BCUT2D eigenvalue weighted by Crippen LogP contribution is 2.43. The quantitative estimate of drug-likeness (QED) is 0.190.